The van der Waals surface area contributed by atoms with Crippen LogP contribution in [0.4, 0.5) is 5.82 Å². The van der Waals surface area contributed by atoms with Gasteiger partial charge in [-0.25, -0.2) is 9.97 Å². The van der Waals surface area contributed by atoms with Crippen LogP contribution in [-0.2, 0) is 4.79 Å². The van der Waals surface area contributed by atoms with Crippen LogP contribution in [0.3, 0.4) is 0 Å². The zero-order chi connectivity index (χ0) is 15.6. The molecule has 1 amide bonds. The summed E-state index contributed by atoms with van der Waals surface area (Å²) in [7, 11) is 0. The molecule has 6 heteroatoms. The molecule has 4 rings (SSSR count). The number of carbonyl (C=O) groups excluding carboxylic acids is 1. The number of fused-ring (bicyclic) bond motifs is 1. The van der Waals surface area contributed by atoms with Crippen LogP contribution < -0.4 is 4.90 Å². The molecule has 0 atom stereocenters. The van der Waals surface area contributed by atoms with Crippen molar-refractivity contribution in [3.63, 3.8) is 0 Å². The smallest absolute Gasteiger partial charge is 0.225 e. The molecule has 1 aliphatic carbocycles. The molecule has 3 heterocycles. The van der Waals surface area contributed by atoms with E-state index in [2.05, 4.69) is 24.8 Å². The quantitative estimate of drug-likeness (QED) is 0.923. The maximum Gasteiger partial charge on any atom is 0.225 e. The largest absolute Gasteiger partial charge is 0.352 e. The molecule has 0 radical (unpaired) electrons. The van der Waals surface area contributed by atoms with Gasteiger partial charge in [0.1, 0.15) is 17.8 Å². The van der Waals surface area contributed by atoms with Crippen molar-refractivity contribution in [3.8, 4) is 0 Å². The Morgan fingerprint density at radius 3 is 2.65 bits per heavy atom. The van der Waals surface area contributed by atoms with E-state index < -0.39 is 0 Å². The standard InChI is InChI=1S/C17H23N5O/c23-17(13-4-2-1-3-5-13)22-10-8-21(9-11-22)16-14-6-7-18-15(14)19-12-20-16/h6-7,12-13H,1-5,8-11H2,(H,18,19,20). The average molecular weight is 313 g/mol. The Morgan fingerprint density at radius 2 is 1.87 bits per heavy atom. The van der Waals surface area contributed by atoms with Crippen molar-refractivity contribution >= 4 is 22.8 Å². The molecule has 2 aliphatic rings. The van der Waals surface area contributed by atoms with Gasteiger partial charge >= 0.3 is 0 Å². The molecule has 2 aromatic rings. The monoisotopic (exact) mass is 313 g/mol. The number of nitrogens with one attached hydrogen (secondary N) is 1. The summed E-state index contributed by atoms with van der Waals surface area (Å²) in [6.07, 6.45) is 9.37. The third-order valence-corrected chi connectivity index (χ3v) is 5.18. The summed E-state index contributed by atoms with van der Waals surface area (Å²) in [5.41, 5.74) is 0.871. The van der Waals surface area contributed by atoms with Crippen LogP contribution >= 0.6 is 0 Å². The minimum Gasteiger partial charge on any atom is -0.352 e. The Morgan fingerprint density at radius 1 is 1.09 bits per heavy atom. The van der Waals surface area contributed by atoms with E-state index in [9.17, 15) is 4.79 Å². The zero-order valence-corrected chi connectivity index (χ0v) is 13.4. The van der Waals surface area contributed by atoms with Crippen LogP contribution in [0.1, 0.15) is 32.1 Å². The van der Waals surface area contributed by atoms with Crippen molar-refractivity contribution in [1.82, 2.24) is 19.9 Å². The van der Waals surface area contributed by atoms with Gasteiger partial charge in [0.25, 0.3) is 0 Å². The van der Waals surface area contributed by atoms with Gasteiger partial charge in [-0.2, -0.15) is 0 Å². The van der Waals surface area contributed by atoms with Gasteiger partial charge in [0.05, 0.1) is 5.39 Å². The highest BCUT2D eigenvalue weighted by Gasteiger charge is 2.29. The number of nitrogens with zero attached hydrogens (tertiary/aromatic N) is 4. The maximum atomic E-state index is 12.6. The highest BCUT2D eigenvalue weighted by atomic mass is 16.2. The molecule has 1 aliphatic heterocycles. The summed E-state index contributed by atoms with van der Waals surface area (Å²) in [5, 5.41) is 1.06. The Bertz CT molecular complexity index is 683. The summed E-state index contributed by atoms with van der Waals surface area (Å²) >= 11 is 0. The number of hydrogen-bond donors (Lipinski definition) is 1. The molecule has 6 nitrogen and oxygen atoms in total. The first-order valence-electron chi connectivity index (χ1n) is 8.65. The Kier molecular flexibility index (Phi) is 3.89. The molecule has 1 saturated carbocycles. The van der Waals surface area contributed by atoms with E-state index in [1.165, 1.54) is 19.3 Å². The predicted octanol–water partition coefficient (Wildman–Crippen LogP) is 2.19. The second-order valence-corrected chi connectivity index (χ2v) is 6.58. The number of aromatic amines is 1. The lowest BCUT2D eigenvalue weighted by Crippen LogP contribution is -2.50. The number of amides is 1. The first-order chi connectivity index (χ1) is 11.3. The second kappa shape index (κ2) is 6.18. The molecular formula is C17H23N5O. The van der Waals surface area contributed by atoms with Gasteiger partial charge in [0, 0.05) is 38.3 Å². The Hall–Kier alpha value is -2.11. The average Bonchev–Trinajstić information content (AvgIpc) is 3.11. The van der Waals surface area contributed by atoms with E-state index in [4.69, 9.17) is 0 Å². The Balaban J connectivity index is 1.42. The molecule has 1 saturated heterocycles. The van der Waals surface area contributed by atoms with E-state index in [1.807, 2.05) is 12.3 Å². The van der Waals surface area contributed by atoms with Crippen LogP contribution in [0, 0.1) is 5.92 Å². The van der Waals surface area contributed by atoms with Crippen molar-refractivity contribution in [2.24, 2.45) is 5.92 Å². The summed E-state index contributed by atoms with van der Waals surface area (Å²) in [5.74, 6) is 1.62. The van der Waals surface area contributed by atoms with Crippen molar-refractivity contribution in [2.45, 2.75) is 32.1 Å². The Labute approximate surface area is 135 Å². The van der Waals surface area contributed by atoms with Gasteiger partial charge in [-0.1, -0.05) is 19.3 Å². The summed E-state index contributed by atoms with van der Waals surface area (Å²) in [6, 6.07) is 2.02. The third-order valence-electron chi connectivity index (χ3n) is 5.18. The first-order valence-corrected chi connectivity index (χ1v) is 8.65. The predicted molar refractivity (Wildman–Crippen MR) is 89.3 cm³/mol. The minimum atomic E-state index is 0.269. The molecule has 2 fully saturated rings. The van der Waals surface area contributed by atoms with E-state index >= 15 is 0 Å². The van der Waals surface area contributed by atoms with Gasteiger partial charge in [-0.3, -0.25) is 4.79 Å². The van der Waals surface area contributed by atoms with E-state index in [0.29, 0.717) is 5.91 Å². The number of H-pyrrole nitrogens is 1. The fourth-order valence-corrected chi connectivity index (χ4v) is 3.86. The van der Waals surface area contributed by atoms with Crippen LogP contribution in [-0.4, -0.2) is 51.9 Å². The molecule has 122 valence electrons. The highest BCUT2D eigenvalue weighted by molar-refractivity contribution is 5.87. The van der Waals surface area contributed by atoms with Crippen molar-refractivity contribution in [3.05, 3.63) is 18.6 Å². The van der Waals surface area contributed by atoms with Gasteiger partial charge in [-0.05, 0) is 18.9 Å². The number of anilines is 1. The molecule has 0 aromatic carbocycles. The fraction of sp³-hybridized carbons (Fsp3) is 0.588. The zero-order valence-electron chi connectivity index (χ0n) is 13.4. The molecule has 2 aromatic heterocycles. The maximum absolute atomic E-state index is 12.6. The van der Waals surface area contributed by atoms with Crippen molar-refractivity contribution in [1.29, 1.82) is 0 Å². The van der Waals surface area contributed by atoms with E-state index in [1.54, 1.807) is 6.33 Å². The van der Waals surface area contributed by atoms with Gasteiger partial charge in [-0.15, -0.1) is 0 Å². The molecule has 0 bridgehead atoms. The normalized spacial score (nSPS) is 20.2. The first kappa shape index (κ1) is 14.5. The number of piperazine rings is 1. The molecule has 23 heavy (non-hydrogen) atoms. The number of aromatic nitrogens is 3. The molecule has 0 spiro atoms. The second-order valence-electron chi connectivity index (χ2n) is 6.58. The van der Waals surface area contributed by atoms with E-state index in [0.717, 1.165) is 55.9 Å². The van der Waals surface area contributed by atoms with Crippen molar-refractivity contribution in [2.75, 3.05) is 31.1 Å². The van der Waals surface area contributed by atoms with Crippen LogP contribution in [0.15, 0.2) is 18.6 Å². The van der Waals surface area contributed by atoms with Crippen molar-refractivity contribution < 1.29 is 4.79 Å². The van der Waals surface area contributed by atoms with E-state index in [-0.39, 0.29) is 5.92 Å². The minimum absolute atomic E-state index is 0.269. The summed E-state index contributed by atoms with van der Waals surface area (Å²) in [4.78, 5) is 28.8. The van der Waals surface area contributed by atoms with Gasteiger partial charge < -0.3 is 14.8 Å². The third kappa shape index (κ3) is 2.78. The van der Waals surface area contributed by atoms with Crippen LogP contribution in [0.5, 0.6) is 0 Å². The van der Waals surface area contributed by atoms with Gasteiger partial charge in [0.2, 0.25) is 5.91 Å². The lowest BCUT2D eigenvalue weighted by molar-refractivity contribution is -0.136. The lowest BCUT2D eigenvalue weighted by Gasteiger charge is -2.37. The molecule has 0 unspecified atom stereocenters. The fourth-order valence-electron chi connectivity index (χ4n) is 3.86. The number of rotatable bonds is 2. The van der Waals surface area contributed by atoms with Gasteiger partial charge in [0.15, 0.2) is 0 Å². The van der Waals surface area contributed by atoms with Crippen LogP contribution in [0.25, 0.3) is 11.0 Å². The molecular weight excluding hydrogens is 290 g/mol. The number of hydrogen-bond acceptors (Lipinski definition) is 4. The number of carbonyl (C=O) groups is 1. The topological polar surface area (TPSA) is 65.1 Å². The summed E-state index contributed by atoms with van der Waals surface area (Å²) in [6.45, 7) is 3.28. The summed E-state index contributed by atoms with van der Waals surface area (Å²) < 4.78 is 0. The molecule has 1 N–H and O–H groups in total. The SMILES string of the molecule is O=C(C1CCCCC1)N1CCN(c2ncnc3[nH]ccc23)CC1. The highest BCUT2D eigenvalue weighted by Crippen LogP contribution is 2.27. The lowest BCUT2D eigenvalue weighted by atomic mass is 9.88. The van der Waals surface area contributed by atoms with Crippen LogP contribution in [0.2, 0.25) is 0 Å².